The van der Waals surface area contributed by atoms with E-state index in [1.807, 2.05) is 25.1 Å². The monoisotopic (exact) mass is 467 g/mol. The fourth-order valence-electron chi connectivity index (χ4n) is 7.27. The van der Waals surface area contributed by atoms with Crippen LogP contribution in [0.2, 0.25) is 0 Å². The predicted octanol–water partition coefficient (Wildman–Crippen LogP) is 1.98. The van der Waals surface area contributed by atoms with Gasteiger partial charge in [0, 0.05) is 43.1 Å². The van der Waals surface area contributed by atoms with E-state index in [1.165, 1.54) is 6.42 Å². The summed E-state index contributed by atoms with van der Waals surface area (Å²) in [6.45, 7) is 4.40. The molecular weight excluding hydrogens is 434 g/mol. The summed E-state index contributed by atoms with van der Waals surface area (Å²) in [4.78, 5) is 40.8. The van der Waals surface area contributed by atoms with Gasteiger partial charge in [-0.05, 0) is 69.2 Å². The van der Waals surface area contributed by atoms with Crippen LogP contribution in [0.5, 0.6) is 5.75 Å². The molecule has 6 rings (SSSR count). The number of imide groups is 1. The summed E-state index contributed by atoms with van der Waals surface area (Å²) in [7, 11) is 0. The number of nitrogens with zero attached hydrogens (tertiary/aromatic N) is 2. The minimum Gasteiger partial charge on any atom is -0.489 e. The summed E-state index contributed by atoms with van der Waals surface area (Å²) in [6.07, 6.45) is 7.05. The third kappa shape index (κ3) is 3.71. The molecule has 34 heavy (non-hydrogen) atoms. The number of ether oxygens (including phenoxy) is 1. The van der Waals surface area contributed by atoms with Gasteiger partial charge in [-0.1, -0.05) is 6.42 Å². The van der Waals surface area contributed by atoms with Crippen molar-refractivity contribution in [1.82, 2.24) is 15.1 Å². The Kier molecular flexibility index (Phi) is 5.04. The van der Waals surface area contributed by atoms with Crippen molar-refractivity contribution in [1.29, 1.82) is 0 Å². The Morgan fingerprint density at radius 1 is 1.09 bits per heavy atom. The van der Waals surface area contributed by atoms with E-state index in [1.54, 1.807) is 4.90 Å². The quantitative estimate of drug-likeness (QED) is 0.657. The van der Waals surface area contributed by atoms with Gasteiger partial charge in [-0.2, -0.15) is 0 Å². The van der Waals surface area contributed by atoms with Crippen molar-refractivity contribution in [3.8, 4) is 5.75 Å². The molecule has 1 spiro atoms. The molecule has 0 aromatic heterocycles. The average Bonchev–Trinajstić information content (AvgIpc) is 3.06. The molecule has 5 aliphatic rings. The molecule has 3 amide bonds. The predicted molar refractivity (Wildman–Crippen MR) is 123 cm³/mol. The van der Waals surface area contributed by atoms with Crippen molar-refractivity contribution in [3.05, 3.63) is 29.3 Å². The molecule has 2 aliphatic carbocycles. The van der Waals surface area contributed by atoms with Crippen LogP contribution in [-0.2, 0) is 16.1 Å². The fourth-order valence-corrected chi connectivity index (χ4v) is 7.27. The summed E-state index contributed by atoms with van der Waals surface area (Å²) in [5.74, 6) is -0.0533. The molecular formula is C26H33N3O5. The topological polar surface area (TPSA) is 99.2 Å². The molecule has 2 saturated carbocycles. The van der Waals surface area contributed by atoms with Gasteiger partial charge in [0.15, 0.2) is 0 Å². The summed E-state index contributed by atoms with van der Waals surface area (Å²) >= 11 is 0. The molecule has 1 aromatic rings. The van der Waals surface area contributed by atoms with Crippen molar-refractivity contribution < 1.29 is 24.2 Å². The smallest absolute Gasteiger partial charge is 0.255 e. The van der Waals surface area contributed by atoms with Gasteiger partial charge < -0.3 is 14.7 Å². The van der Waals surface area contributed by atoms with Gasteiger partial charge in [0.2, 0.25) is 11.8 Å². The van der Waals surface area contributed by atoms with Crippen LogP contribution >= 0.6 is 0 Å². The summed E-state index contributed by atoms with van der Waals surface area (Å²) in [5, 5.41) is 12.5. The van der Waals surface area contributed by atoms with Crippen LogP contribution in [0.4, 0.5) is 0 Å². The molecule has 1 aromatic carbocycles. The molecule has 2 N–H and O–H groups in total. The van der Waals surface area contributed by atoms with Crippen molar-refractivity contribution in [2.24, 2.45) is 5.41 Å². The van der Waals surface area contributed by atoms with Crippen LogP contribution < -0.4 is 10.1 Å². The highest BCUT2D eigenvalue weighted by Crippen LogP contribution is 2.55. The largest absolute Gasteiger partial charge is 0.489 e. The zero-order valence-electron chi connectivity index (χ0n) is 19.7. The van der Waals surface area contributed by atoms with E-state index < -0.39 is 11.6 Å². The van der Waals surface area contributed by atoms with Crippen LogP contribution in [0.3, 0.4) is 0 Å². The molecule has 0 bridgehead atoms. The zero-order valence-corrected chi connectivity index (χ0v) is 19.7. The third-order valence-electron chi connectivity index (χ3n) is 8.51. The highest BCUT2D eigenvalue weighted by molar-refractivity contribution is 6.05. The lowest BCUT2D eigenvalue weighted by Gasteiger charge is -2.64. The Morgan fingerprint density at radius 2 is 1.85 bits per heavy atom. The van der Waals surface area contributed by atoms with Gasteiger partial charge in [-0.25, -0.2) is 0 Å². The summed E-state index contributed by atoms with van der Waals surface area (Å²) in [6, 6.07) is 5.42. The lowest BCUT2D eigenvalue weighted by Crippen LogP contribution is -2.70. The number of amides is 3. The Hall–Kier alpha value is -2.45. The minimum atomic E-state index is -0.601. The van der Waals surface area contributed by atoms with E-state index >= 15 is 0 Å². The molecule has 2 saturated heterocycles. The summed E-state index contributed by atoms with van der Waals surface area (Å²) in [5.41, 5.74) is 1.30. The number of hydrogen-bond acceptors (Lipinski definition) is 6. The second kappa shape index (κ2) is 7.78. The lowest BCUT2D eigenvalue weighted by molar-refractivity contribution is -0.198. The normalized spacial score (nSPS) is 32.1. The standard InChI is InChI=1S/C26H33N3O5/c1-25(33)12-26(13-25)14-28(15-26)19-4-2-3-5-21(19)34-17-6-7-18-16(10-17)11-29(24(18)32)20-8-9-22(30)27-23(20)31/h6-7,10,19-21,33H,2-5,8-9,11-15H2,1H3,(H,27,30,31)/t19-,20?,21+/m1/s1. The molecule has 3 atom stereocenters. The number of aliphatic hydroxyl groups is 1. The number of nitrogens with one attached hydrogen (secondary N) is 1. The molecule has 3 heterocycles. The molecule has 182 valence electrons. The highest BCUT2D eigenvalue weighted by atomic mass is 16.5. The number of carbonyl (C=O) groups excluding carboxylic acids is 3. The molecule has 1 unspecified atom stereocenters. The fraction of sp³-hybridized carbons (Fsp3) is 0.654. The first-order valence-electron chi connectivity index (χ1n) is 12.6. The molecule has 0 radical (unpaired) electrons. The van der Waals surface area contributed by atoms with Crippen LogP contribution in [-0.4, -0.2) is 69.5 Å². The average molecular weight is 468 g/mol. The third-order valence-corrected chi connectivity index (χ3v) is 8.51. The number of rotatable bonds is 4. The van der Waals surface area contributed by atoms with Crippen molar-refractivity contribution in [2.45, 2.75) is 88.6 Å². The maximum Gasteiger partial charge on any atom is 0.255 e. The number of carbonyl (C=O) groups is 3. The van der Waals surface area contributed by atoms with Crippen LogP contribution in [0, 0.1) is 5.41 Å². The zero-order chi connectivity index (χ0) is 23.7. The van der Waals surface area contributed by atoms with E-state index in [0.29, 0.717) is 30.0 Å². The molecule has 3 aliphatic heterocycles. The van der Waals surface area contributed by atoms with Gasteiger partial charge in [-0.15, -0.1) is 0 Å². The van der Waals surface area contributed by atoms with E-state index in [0.717, 1.165) is 56.5 Å². The lowest BCUT2D eigenvalue weighted by atomic mass is 9.55. The van der Waals surface area contributed by atoms with E-state index in [4.69, 9.17) is 4.74 Å². The van der Waals surface area contributed by atoms with Gasteiger partial charge >= 0.3 is 0 Å². The number of hydrogen-bond donors (Lipinski definition) is 2. The first kappa shape index (κ1) is 22.0. The van der Waals surface area contributed by atoms with Crippen LogP contribution in [0.25, 0.3) is 0 Å². The Balaban J connectivity index is 1.12. The van der Waals surface area contributed by atoms with Crippen molar-refractivity contribution in [2.75, 3.05) is 13.1 Å². The number of benzene rings is 1. The number of fused-ring (bicyclic) bond motifs is 1. The van der Waals surface area contributed by atoms with Crippen LogP contribution in [0.1, 0.15) is 74.2 Å². The second-order valence-electron chi connectivity index (χ2n) is 11.5. The van der Waals surface area contributed by atoms with E-state index in [-0.39, 0.29) is 30.2 Å². The van der Waals surface area contributed by atoms with E-state index in [9.17, 15) is 19.5 Å². The van der Waals surface area contributed by atoms with Gasteiger partial charge in [0.25, 0.3) is 5.91 Å². The molecule has 8 nitrogen and oxygen atoms in total. The Morgan fingerprint density at radius 3 is 2.59 bits per heavy atom. The maximum atomic E-state index is 12.9. The molecule has 8 heteroatoms. The van der Waals surface area contributed by atoms with Crippen molar-refractivity contribution in [3.63, 3.8) is 0 Å². The molecule has 4 fully saturated rings. The SMILES string of the molecule is CC1(O)CC2(CN([C@@H]3CCCC[C@@H]3Oc3ccc4c(c3)CN(C3CCC(=O)NC3=O)C4=O)C2)C1. The maximum absolute atomic E-state index is 12.9. The first-order valence-corrected chi connectivity index (χ1v) is 12.6. The Labute approximate surface area is 199 Å². The number of piperidine rings is 1. The van der Waals surface area contributed by atoms with Gasteiger partial charge in [0.05, 0.1) is 5.60 Å². The highest BCUT2D eigenvalue weighted by Gasteiger charge is 2.58. The van der Waals surface area contributed by atoms with Crippen LogP contribution in [0.15, 0.2) is 18.2 Å². The van der Waals surface area contributed by atoms with E-state index in [2.05, 4.69) is 10.2 Å². The van der Waals surface area contributed by atoms with Crippen molar-refractivity contribution >= 4 is 17.7 Å². The Bertz CT molecular complexity index is 1040. The first-order chi connectivity index (χ1) is 16.2. The van der Waals surface area contributed by atoms with Gasteiger partial charge in [-0.3, -0.25) is 24.6 Å². The number of likely N-dealkylation sites (tertiary alicyclic amines) is 1. The minimum absolute atomic E-state index is 0.119. The van der Waals surface area contributed by atoms with Gasteiger partial charge in [0.1, 0.15) is 17.9 Å². The summed E-state index contributed by atoms with van der Waals surface area (Å²) < 4.78 is 6.52. The second-order valence-corrected chi connectivity index (χ2v) is 11.5.